The van der Waals surface area contributed by atoms with Gasteiger partial charge in [0.05, 0.1) is 0 Å². The van der Waals surface area contributed by atoms with E-state index in [-0.39, 0.29) is 11.9 Å². The van der Waals surface area contributed by atoms with Gasteiger partial charge in [0.1, 0.15) is 12.4 Å². The summed E-state index contributed by atoms with van der Waals surface area (Å²) in [4.78, 5) is 28.1. The van der Waals surface area contributed by atoms with Crippen molar-refractivity contribution in [3.63, 3.8) is 0 Å². The van der Waals surface area contributed by atoms with Gasteiger partial charge in [0.25, 0.3) is 0 Å². The Labute approximate surface area is 87.9 Å². The highest BCUT2D eigenvalue weighted by Crippen LogP contribution is 1.91. The van der Waals surface area contributed by atoms with E-state index in [0.29, 0.717) is 0 Å². The first-order valence-corrected chi connectivity index (χ1v) is 4.52. The molecule has 1 unspecified atom stereocenters. The van der Waals surface area contributed by atoms with Gasteiger partial charge in [-0.05, 0) is 6.92 Å². The summed E-state index contributed by atoms with van der Waals surface area (Å²) in [5.41, 5.74) is 0. The molecule has 1 atom stereocenters. The molecule has 0 aromatic carbocycles. The smallest absolute Gasteiger partial charge is 0.327 e. The third-order valence-electron chi connectivity index (χ3n) is 1.89. The normalized spacial score (nSPS) is 11.9. The van der Waals surface area contributed by atoms with Crippen LogP contribution in [0.4, 0.5) is 4.79 Å². The molecule has 0 spiro atoms. The van der Waals surface area contributed by atoms with E-state index in [1.165, 1.54) is 28.2 Å². The van der Waals surface area contributed by atoms with E-state index >= 15 is 0 Å². The fraction of sp³-hybridized carbons (Fsp3) is 0.444. The number of hydrogen-bond donors (Lipinski definition) is 1. The Morgan fingerprint density at radius 3 is 2.60 bits per heavy atom. The lowest BCUT2D eigenvalue weighted by molar-refractivity contribution is -0.130. The maximum atomic E-state index is 11.5. The highest BCUT2D eigenvalue weighted by Gasteiger charge is 2.17. The Hall–Kier alpha value is -1.85. The van der Waals surface area contributed by atoms with Gasteiger partial charge in [-0.1, -0.05) is 0 Å². The van der Waals surface area contributed by atoms with Crippen LogP contribution >= 0.6 is 0 Å². The van der Waals surface area contributed by atoms with Crippen molar-refractivity contribution in [1.82, 2.24) is 19.8 Å². The molecule has 0 fully saturated rings. The zero-order chi connectivity index (χ0) is 11.4. The SMILES string of the molecule is CC(NC(=O)n1ccnc1)C(=O)N(C)C. The molecular formula is C9H14N4O2. The molecule has 1 aromatic heterocycles. The molecule has 0 aliphatic carbocycles. The molecule has 82 valence electrons. The number of hydrogen-bond acceptors (Lipinski definition) is 3. The summed E-state index contributed by atoms with van der Waals surface area (Å²) in [6.45, 7) is 1.64. The Morgan fingerprint density at radius 1 is 1.47 bits per heavy atom. The summed E-state index contributed by atoms with van der Waals surface area (Å²) in [6.07, 6.45) is 4.39. The molecule has 6 nitrogen and oxygen atoms in total. The lowest BCUT2D eigenvalue weighted by Gasteiger charge is -2.17. The number of aromatic nitrogens is 2. The first kappa shape index (κ1) is 11.2. The molecule has 1 N–H and O–H groups in total. The number of amides is 2. The van der Waals surface area contributed by atoms with Crippen LogP contribution in [0.1, 0.15) is 6.92 Å². The van der Waals surface area contributed by atoms with E-state index in [2.05, 4.69) is 10.3 Å². The van der Waals surface area contributed by atoms with Crippen LogP contribution in [-0.2, 0) is 4.79 Å². The van der Waals surface area contributed by atoms with E-state index in [1.807, 2.05) is 0 Å². The maximum absolute atomic E-state index is 11.5. The molecule has 0 saturated carbocycles. The Balaban J connectivity index is 2.56. The highest BCUT2D eigenvalue weighted by molar-refractivity contribution is 5.87. The summed E-state index contributed by atoms with van der Waals surface area (Å²) in [6, 6.07) is -0.912. The third-order valence-corrected chi connectivity index (χ3v) is 1.89. The van der Waals surface area contributed by atoms with E-state index in [4.69, 9.17) is 0 Å². The second kappa shape index (κ2) is 4.59. The number of likely N-dealkylation sites (N-methyl/N-ethyl adjacent to an activating group) is 1. The van der Waals surface area contributed by atoms with Crippen molar-refractivity contribution in [2.45, 2.75) is 13.0 Å². The van der Waals surface area contributed by atoms with Crippen LogP contribution < -0.4 is 5.32 Å². The van der Waals surface area contributed by atoms with E-state index in [1.54, 1.807) is 21.0 Å². The predicted octanol–water partition coefficient (Wildman–Crippen LogP) is -0.0825. The molecule has 15 heavy (non-hydrogen) atoms. The number of carbonyl (C=O) groups is 2. The van der Waals surface area contributed by atoms with Gasteiger partial charge in [-0.2, -0.15) is 0 Å². The van der Waals surface area contributed by atoms with Crippen LogP contribution in [0.2, 0.25) is 0 Å². The second-order valence-electron chi connectivity index (χ2n) is 3.37. The summed E-state index contributed by atoms with van der Waals surface area (Å²) in [5.74, 6) is -0.150. The van der Waals surface area contributed by atoms with Crippen molar-refractivity contribution >= 4 is 11.9 Å². The number of carbonyl (C=O) groups excluding carboxylic acids is 2. The minimum Gasteiger partial charge on any atom is -0.347 e. The molecule has 1 rings (SSSR count). The van der Waals surface area contributed by atoms with Gasteiger partial charge >= 0.3 is 6.03 Å². The van der Waals surface area contributed by atoms with Crippen molar-refractivity contribution in [1.29, 1.82) is 0 Å². The van der Waals surface area contributed by atoms with Crippen molar-refractivity contribution in [3.8, 4) is 0 Å². The van der Waals surface area contributed by atoms with E-state index in [0.717, 1.165) is 0 Å². The second-order valence-corrected chi connectivity index (χ2v) is 3.37. The van der Waals surface area contributed by atoms with Crippen LogP contribution in [0.25, 0.3) is 0 Å². The van der Waals surface area contributed by atoms with Crippen molar-refractivity contribution in [2.75, 3.05) is 14.1 Å². The Bertz CT molecular complexity index is 345. The number of nitrogens with zero attached hydrogens (tertiary/aromatic N) is 3. The summed E-state index contributed by atoms with van der Waals surface area (Å²) >= 11 is 0. The van der Waals surface area contributed by atoms with Crippen LogP contribution in [0.3, 0.4) is 0 Å². The van der Waals surface area contributed by atoms with Crippen LogP contribution in [0.15, 0.2) is 18.7 Å². The van der Waals surface area contributed by atoms with E-state index in [9.17, 15) is 9.59 Å². The average molecular weight is 210 g/mol. The monoisotopic (exact) mass is 210 g/mol. The third kappa shape index (κ3) is 2.80. The largest absolute Gasteiger partial charge is 0.347 e. The van der Waals surface area contributed by atoms with Crippen molar-refractivity contribution in [2.24, 2.45) is 0 Å². The lowest BCUT2D eigenvalue weighted by Crippen LogP contribution is -2.45. The highest BCUT2D eigenvalue weighted by atomic mass is 16.2. The fourth-order valence-electron chi connectivity index (χ4n) is 1.09. The standard InChI is InChI=1S/C9H14N4O2/c1-7(8(14)12(2)3)11-9(15)13-5-4-10-6-13/h4-7H,1-3H3,(H,11,15). The van der Waals surface area contributed by atoms with Crippen LogP contribution in [-0.4, -0.2) is 46.5 Å². The first-order valence-electron chi connectivity index (χ1n) is 4.52. The maximum Gasteiger partial charge on any atom is 0.327 e. The topological polar surface area (TPSA) is 67.2 Å². The zero-order valence-electron chi connectivity index (χ0n) is 8.97. The first-order chi connectivity index (χ1) is 7.02. The van der Waals surface area contributed by atoms with Crippen molar-refractivity contribution in [3.05, 3.63) is 18.7 Å². The van der Waals surface area contributed by atoms with Crippen LogP contribution in [0.5, 0.6) is 0 Å². The minimum absolute atomic E-state index is 0.150. The fourth-order valence-corrected chi connectivity index (χ4v) is 1.09. The molecule has 0 bridgehead atoms. The van der Waals surface area contributed by atoms with Crippen molar-refractivity contribution < 1.29 is 9.59 Å². The van der Waals surface area contributed by atoms with Gasteiger partial charge in [0.15, 0.2) is 0 Å². The summed E-state index contributed by atoms with van der Waals surface area (Å²) in [5, 5.41) is 2.56. The molecule has 0 aliphatic rings. The zero-order valence-corrected chi connectivity index (χ0v) is 8.97. The van der Waals surface area contributed by atoms with Gasteiger partial charge in [-0.25, -0.2) is 9.78 Å². The van der Waals surface area contributed by atoms with Gasteiger partial charge < -0.3 is 10.2 Å². The number of rotatable bonds is 2. The molecule has 0 aliphatic heterocycles. The molecule has 0 radical (unpaired) electrons. The molecular weight excluding hydrogens is 196 g/mol. The minimum atomic E-state index is -0.546. The lowest BCUT2D eigenvalue weighted by atomic mass is 10.3. The number of imidazole rings is 1. The molecule has 1 aromatic rings. The van der Waals surface area contributed by atoms with Gasteiger partial charge in [0.2, 0.25) is 5.91 Å². The molecule has 6 heteroatoms. The Kier molecular flexibility index (Phi) is 3.43. The predicted molar refractivity (Wildman–Crippen MR) is 54.3 cm³/mol. The summed E-state index contributed by atoms with van der Waals surface area (Å²) < 4.78 is 1.28. The molecule has 2 amide bonds. The van der Waals surface area contributed by atoms with Gasteiger partial charge in [0, 0.05) is 26.5 Å². The van der Waals surface area contributed by atoms with Crippen LogP contribution in [0, 0.1) is 0 Å². The average Bonchev–Trinajstić information content (AvgIpc) is 2.68. The molecule has 0 saturated heterocycles. The van der Waals surface area contributed by atoms with E-state index < -0.39 is 6.04 Å². The van der Waals surface area contributed by atoms with Gasteiger partial charge in [-0.15, -0.1) is 0 Å². The Morgan fingerprint density at radius 2 is 2.13 bits per heavy atom. The molecule has 1 heterocycles. The van der Waals surface area contributed by atoms with Gasteiger partial charge in [-0.3, -0.25) is 9.36 Å². The quantitative estimate of drug-likeness (QED) is 0.742. The summed E-state index contributed by atoms with van der Waals surface area (Å²) in [7, 11) is 3.28. The number of nitrogens with one attached hydrogen (secondary N) is 1.